The predicted octanol–water partition coefficient (Wildman–Crippen LogP) is 5.24. The van der Waals surface area contributed by atoms with Crippen molar-refractivity contribution in [3.8, 4) is 0 Å². The van der Waals surface area contributed by atoms with Gasteiger partial charge in [0.15, 0.2) is 0 Å². The largest absolute Gasteiger partial charge is 0.302 e. The third kappa shape index (κ3) is 5.53. The number of nitrogens with zero attached hydrogens (tertiary/aromatic N) is 1. The standard InChI is InChI=1S/C17H27BrFN/c1-4-10-17(13-18,11-5-2)14-20(3)12-15-6-8-16(19)9-7-15/h6-9H,4-5,10-14H2,1-3H3. The first-order chi connectivity index (χ1) is 9.55. The van der Waals surface area contributed by atoms with Crippen molar-refractivity contribution >= 4 is 15.9 Å². The summed E-state index contributed by atoms with van der Waals surface area (Å²) < 4.78 is 12.9. The molecule has 0 saturated carbocycles. The molecule has 0 heterocycles. The lowest BCUT2D eigenvalue weighted by Crippen LogP contribution is -2.36. The molecule has 0 aromatic heterocycles. The molecule has 0 unspecified atom stereocenters. The molecule has 0 bridgehead atoms. The van der Waals surface area contributed by atoms with Crippen LogP contribution in [0.4, 0.5) is 4.39 Å². The van der Waals surface area contributed by atoms with E-state index in [0.717, 1.165) is 18.4 Å². The summed E-state index contributed by atoms with van der Waals surface area (Å²) >= 11 is 3.72. The zero-order chi connectivity index (χ0) is 15.0. The molecule has 1 aromatic carbocycles. The minimum Gasteiger partial charge on any atom is -0.302 e. The molecule has 0 aliphatic heterocycles. The number of benzene rings is 1. The number of hydrogen-bond acceptors (Lipinski definition) is 1. The van der Waals surface area contributed by atoms with Crippen molar-refractivity contribution in [3.63, 3.8) is 0 Å². The highest BCUT2D eigenvalue weighted by Gasteiger charge is 2.28. The first-order valence-corrected chi connectivity index (χ1v) is 8.66. The molecule has 1 rings (SSSR count). The summed E-state index contributed by atoms with van der Waals surface area (Å²) in [6, 6.07) is 6.83. The van der Waals surface area contributed by atoms with Crippen LogP contribution in [0, 0.1) is 11.2 Å². The molecule has 0 fully saturated rings. The van der Waals surface area contributed by atoms with Crippen LogP contribution < -0.4 is 0 Å². The van der Waals surface area contributed by atoms with E-state index in [1.165, 1.54) is 31.2 Å². The maximum atomic E-state index is 12.9. The van der Waals surface area contributed by atoms with Crippen molar-refractivity contribution < 1.29 is 4.39 Å². The van der Waals surface area contributed by atoms with Crippen LogP contribution >= 0.6 is 15.9 Å². The number of rotatable bonds is 9. The van der Waals surface area contributed by atoms with E-state index in [1.54, 1.807) is 12.1 Å². The molecule has 0 atom stereocenters. The van der Waals surface area contributed by atoms with E-state index in [1.807, 2.05) is 12.1 Å². The highest BCUT2D eigenvalue weighted by molar-refractivity contribution is 9.09. The molecule has 0 saturated heterocycles. The van der Waals surface area contributed by atoms with E-state index in [0.29, 0.717) is 5.41 Å². The molecule has 0 spiro atoms. The molecule has 0 aliphatic carbocycles. The van der Waals surface area contributed by atoms with Crippen LogP contribution in [0.2, 0.25) is 0 Å². The monoisotopic (exact) mass is 343 g/mol. The van der Waals surface area contributed by atoms with Crippen molar-refractivity contribution in [2.75, 3.05) is 18.9 Å². The Morgan fingerprint density at radius 1 is 1.10 bits per heavy atom. The number of halogens is 2. The summed E-state index contributed by atoms with van der Waals surface area (Å²) in [4.78, 5) is 2.36. The first kappa shape index (κ1) is 17.6. The maximum Gasteiger partial charge on any atom is 0.123 e. The fraction of sp³-hybridized carbons (Fsp3) is 0.647. The lowest BCUT2D eigenvalue weighted by atomic mass is 9.80. The fourth-order valence-corrected chi connectivity index (χ4v) is 3.79. The highest BCUT2D eigenvalue weighted by Crippen LogP contribution is 2.33. The topological polar surface area (TPSA) is 3.24 Å². The lowest BCUT2D eigenvalue weighted by molar-refractivity contribution is 0.166. The van der Waals surface area contributed by atoms with Gasteiger partial charge in [-0.05, 0) is 43.0 Å². The minimum atomic E-state index is -0.164. The van der Waals surface area contributed by atoms with Gasteiger partial charge in [-0.25, -0.2) is 4.39 Å². The second-order valence-electron chi connectivity index (χ2n) is 5.93. The third-order valence-electron chi connectivity index (χ3n) is 3.82. The molecule has 20 heavy (non-hydrogen) atoms. The molecule has 0 radical (unpaired) electrons. The van der Waals surface area contributed by atoms with E-state index >= 15 is 0 Å². The Hall–Kier alpha value is -0.410. The van der Waals surface area contributed by atoms with Crippen LogP contribution in [0.5, 0.6) is 0 Å². The van der Waals surface area contributed by atoms with Gasteiger partial charge in [-0.2, -0.15) is 0 Å². The van der Waals surface area contributed by atoms with Crippen molar-refractivity contribution in [2.45, 2.75) is 46.1 Å². The summed E-state index contributed by atoms with van der Waals surface area (Å²) in [5.74, 6) is -0.164. The van der Waals surface area contributed by atoms with Gasteiger partial charge in [0.25, 0.3) is 0 Å². The van der Waals surface area contributed by atoms with Gasteiger partial charge in [-0.15, -0.1) is 0 Å². The highest BCUT2D eigenvalue weighted by atomic mass is 79.9. The molecule has 0 N–H and O–H groups in total. The Morgan fingerprint density at radius 3 is 2.10 bits per heavy atom. The van der Waals surface area contributed by atoms with Gasteiger partial charge < -0.3 is 4.90 Å². The van der Waals surface area contributed by atoms with Crippen molar-refractivity contribution in [2.24, 2.45) is 5.41 Å². The second kappa shape index (κ2) is 8.78. The zero-order valence-electron chi connectivity index (χ0n) is 13.0. The van der Waals surface area contributed by atoms with Gasteiger partial charge in [0.05, 0.1) is 0 Å². The third-order valence-corrected chi connectivity index (χ3v) is 5.00. The van der Waals surface area contributed by atoms with Gasteiger partial charge in [0, 0.05) is 18.4 Å². The Kier molecular flexibility index (Phi) is 7.75. The molecular weight excluding hydrogens is 317 g/mol. The molecule has 114 valence electrons. The first-order valence-electron chi connectivity index (χ1n) is 7.54. The molecule has 0 amide bonds. The second-order valence-corrected chi connectivity index (χ2v) is 6.49. The summed E-state index contributed by atoms with van der Waals surface area (Å²) in [6.07, 6.45) is 4.94. The fourth-order valence-electron chi connectivity index (χ4n) is 3.05. The van der Waals surface area contributed by atoms with Gasteiger partial charge in [0.1, 0.15) is 5.82 Å². The van der Waals surface area contributed by atoms with Crippen LogP contribution in [-0.4, -0.2) is 23.8 Å². The van der Waals surface area contributed by atoms with Gasteiger partial charge in [0.2, 0.25) is 0 Å². The van der Waals surface area contributed by atoms with E-state index < -0.39 is 0 Å². The van der Waals surface area contributed by atoms with Crippen LogP contribution in [0.15, 0.2) is 24.3 Å². The van der Waals surface area contributed by atoms with Gasteiger partial charge in [-0.1, -0.05) is 54.8 Å². The average Bonchev–Trinajstić information content (AvgIpc) is 2.42. The van der Waals surface area contributed by atoms with Crippen LogP contribution in [0.25, 0.3) is 0 Å². The van der Waals surface area contributed by atoms with Crippen LogP contribution in [0.3, 0.4) is 0 Å². The normalized spacial score (nSPS) is 12.1. The SMILES string of the molecule is CCCC(CBr)(CCC)CN(C)Cc1ccc(F)cc1. The number of alkyl halides is 1. The predicted molar refractivity (Wildman–Crippen MR) is 88.8 cm³/mol. The van der Waals surface area contributed by atoms with E-state index in [2.05, 4.69) is 41.7 Å². The van der Waals surface area contributed by atoms with Crippen LogP contribution in [0.1, 0.15) is 45.1 Å². The van der Waals surface area contributed by atoms with E-state index in [-0.39, 0.29) is 5.82 Å². The van der Waals surface area contributed by atoms with Crippen LogP contribution in [-0.2, 0) is 6.54 Å². The molecule has 1 nitrogen and oxygen atoms in total. The molecular formula is C17H27BrFN. The molecule has 3 heteroatoms. The van der Waals surface area contributed by atoms with Crippen molar-refractivity contribution in [3.05, 3.63) is 35.6 Å². The maximum absolute atomic E-state index is 12.9. The van der Waals surface area contributed by atoms with Crippen molar-refractivity contribution in [1.82, 2.24) is 4.90 Å². The van der Waals surface area contributed by atoms with E-state index in [9.17, 15) is 4.39 Å². The Balaban J connectivity index is 2.65. The smallest absolute Gasteiger partial charge is 0.123 e. The Bertz CT molecular complexity index is 371. The molecule has 1 aromatic rings. The quantitative estimate of drug-likeness (QED) is 0.554. The summed E-state index contributed by atoms with van der Waals surface area (Å²) in [6.45, 7) is 6.47. The van der Waals surface area contributed by atoms with Gasteiger partial charge >= 0.3 is 0 Å². The lowest BCUT2D eigenvalue weighted by Gasteiger charge is -2.36. The zero-order valence-corrected chi connectivity index (χ0v) is 14.5. The number of hydrogen-bond donors (Lipinski definition) is 0. The summed E-state index contributed by atoms with van der Waals surface area (Å²) in [7, 11) is 2.16. The average molecular weight is 344 g/mol. The summed E-state index contributed by atoms with van der Waals surface area (Å²) in [5.41, 5.74) is 1.53. The summed E-state index contributed by atoms with van der Waals surface area (Å²) in [5, 5.41) is 1.05. The van der Waals surface area contributed by atoms with Gasteiger partial charge in [-0.3, -0.25) is 0 Å². The van der Waals surface area contributed by atoms with E-state index in [4.69, 9.17) is 0 Å². The minimum absolute atomic E-state index is 0.164. The Morgan fingerprint density at radius 2 is 1.65 bits per heavy atom. The molecule has 0 aliphatic rings. The van der Waals surface area contributed by atoms with Crippen molar-refractivity contribution in [1.29, 1.82) is 0 Å². The Labute approximate surface area is 131 Å².